The smallest absolute Gasteiger partial charge is 0.123 e. The number of halogens is 1. The van der Waals surface area contributed by atoms with Gasteiger partial charge >= 0.3 is 0 Å². The minimum atomic E-state index is -0.379. The van der Waals surface area contributed by atoms with E-state index in [0.29, 0.717) is 5.75 Å². The number of hydrogen-bond donors (Lipinski definition) is 1. The van der Waals surface area contributed by atoms with E-state index in [1.807, 2.05) is 7.05 Å². The molecular weight excluding hydrogens is 245 g/mol. The monoisotopic (exact) mass is 269 g/mol. The third-order valence-electron chi connectivity index (χ3n) is 3.92. The summed E-state index contributed by atoms with van der Waals surface area (Å²) in [6.45, 7) is 4.15. The van der Waals surface area contributed by atoms with Crippen molar-refractivity contribution in [3.63, 3.8) is 0 Å². The first-order chi connectivity index (χ1) is 9.08. The average Bonchev–Trinajstić information content (AvgIpc) is 2.45. The largest absolute Gasteiger partial charge is 0.496 e. The molecule has 0 heterocycles. The molecule has 108 valence electrons. The van der Waals surface area contributed by atoms with Gasteiger partial charge in [0.15, 0.2) is 0 Å². The van der Waals surface area contributed by atoms with E-state index in [1.54, 1.807) is 20.3 Å². The van der Waals surface area contributed by atoms with E-state index in [4.69, 9.17) is 9.47 Å². The molecule has 0 amide bonds. The number of likely N-dealkylation sites (N-methyl/N-ethyl adjacent to an activating group) is 1. The van der Waals surface area contributed by atoms with Crippen LogP contribution in [0.2, 0.25) is 0 Å². The average molecular weight is 269 g/mol. The molecule has 0 saturated heterocycles. The van der Waals surface area contributed by atoms with Crippen LogP contribution in [0.4, 0.5) is 4.39 Å². The lowest BCUT2D eigenvalue weighted by Crippen LogP contribution is -2.43. The molecule has 1 atom stereocenters. The van der Waals surface area contributed by atoms with Gasteiger partial charge in [0.05, 0.1) is 18.8 Å². The Labute approximate surface area is 115 Å². The van der Waals surface area contributed by atoms with Gasteiger partial charge in [-0.05, 0) is 38.1 Å². The van der Waals surface area contributed by atoms with Crippen molar-refractivity contribution in [2.24, 2.45) is 0 Å². The first kappa shape index (κ1) is 15.9. The van der Waals surface area contributed by atoms with Gasteiger partial charge in [0, 0.05) is 12.7 Å². The fraction of sp³-hybridized carbons (Fsp3) is 0.600. The highest BCUT2D eigenvalue weighted by Crippen LogP contribution is 2.38. The van der Waals surface area contributed by atoms with Crippen LogP contribution in [0.25, 0.3) is 0 Å². The fourth-order valence-corrected chi connectivity index (χ4v) is 2.70. The van der Waals surface area contributed by atoms with Gasteiger partial charge in [0.1, 0.15) is 11.6 Å². The summed E-state index contributed by atoms with van der Waals surface area (Å²) in [7, 11) is 5.15. The molecule has 1 rings (SSSR count). The lowest BCUT2D eigenvalue weighted by Gasteiger charge is -2.39. The van der Waals surface area contributed by atoms with Crippen molar-refractivity contribution in [2.75, 3.05) is 21.3 Å². The van der Waals surface area contributed by atoms with E-state index in [2.05, 4.69) is 19.2 Å². The van der Waals surface area contributed by atoms with Crippen LogP contribution in [0.3, 0.4) is 0 Å². The maximum atomic E-state index is 13.6. The molecule has 0 aromatic heterocycles. The summed E-state index contributed by atoms with van der Waals surface area (Å²) in [5, 5.41) is 3.24. The number of benzene rings is 1. The van der Waals surface area contributed by atoms with Gasteiger partial charge in [0.25, 0.3) is 0 Å². The maximum absolute atomic E-state index is 13.6. The molecule has 1 N–H and O–H groups in total. The molecule has 0 saturated carbocycles. The van der Waals surface area contributed by atoms with E-state index < -0.39 is 0 Å². The number of ether oxygens (including phenoxy) is 2. The van der Waals surface area contributed by atoms with Crippen LogP contribution in [-0.2, 0) is 4.74 Å². The molecule has 1 aromatic carbocycles. The quantitative estimate of drug-likeness (QED) is 0.824. The second-order valence-corrected chi connectivity index (χ2v) is 4.58. The van der Waals surface area contributed by atoms with E-state index in [0.717, 1.165) is 18.4 Å². The van der Waals surface area contributed by atoms with Crippen molar-refractivity contribution in [3.05, 3.63) is 29.6 Å². The van der Waals surface area contributed by atoms with Gasteiger partial charge in [-0.2, -0.15) is 0 Å². The zero-order valence-electron chi connectivity index (χ0n) is 12.4. The normalized spacial score (nSPS) is 13.4. The van der Waals surface area contributed by atoms with Gasteiger partial charge in [-0.25, -0.2) is 4.39 Å². The molecule has 1 aromatic rings. The molecule has 19 heavy (non-hydrogen) atoms. The van der Waals surface area contributed by atoms with E-state index in [9.17, 15) is 4.39 Å². The first-order valence-corrected chi connectivity index (χ1v) is 6.64. The molecule has 0 aliphatic heterocycles. The predicted molar refractivity (Wildman–Crippen MR) is 75.1 cm³/mol. The number of rotatable bonds is 7. The van der Waals surface area contributed by atoms with Crippen LogP contribution < -0.4 is 10.1 Å². The Hall–Kier alpha value is -1.13. The van der Waals surface area contributed by atoms with Crippen LogP contribution in [0.15, 0.2) is 18.2 Å². The Morgan fingerprint density at radius 3 is 2.32 bits per heavy atom. The van der Waals surface area contributed by atoms with Gasteiger partial charge in [0.2, 0.25) is 0 Å². The summed E-state index contributed by atoms with van der Waals surface area (Å²) in [6, 6.07) is 4.44. The van der Waals surface area contributed by atoms with Gasteiger partial charge in [-0.15, -0.1) is 0 Å². The van der Waals surface area contributed by atoms with Crippen molar-refractivity contribution in [1.82, 2.24) is 5.32 Å². The number of hydrogen-bond acceptors (Lipinski definition) is 3. The second-order valence-electron chi connectivity index (χ2n) is 4.58. The van der Waals surface area contributed by atoms with E-state index in [-0.39, 0.29) is 17.5 Å². The van der Waals surface area contributed by atoms with Crippen molar-refractivity contribution in [1.29, 1.82) is 0 Å². The summed E-state index contributed by atoms with van der Waals surface area (Å²) in [4.78, 5) is 0. The summed E-state index contributed by atoms with van der Waals surface area (Å²) >= 11 is 0. The molecule has 0 radical (unpaired) electrons. The Balaban J connectivity index is 3.33. The van der Waals surface area contributed by atoms with Gasteiger partial charge in [-0.3, -0.25) is 0 Å². The van der Waals surface area contributed by atoms with E-state index in [1.165, 1.54) is 12.1 Å². The fourth-order valence-electron chi connectivity index (χ4n) is 2.70. The highest BCUT2D eigenvalue weighted by atomic mass is 19.1. The summed E-state index contributed by atoms with van der Waals surface area (Å²) in [5.41, 5.74) is 0.408. The Bertz CT molecular complexity index is 397. The second kappa shape index (κ2) is 6.87. The molecule has 0 bridgehead atoms. The highest BCUT2D eigenvalue weighted by molar-refractivity contribution is 5.38. The minimum Gasteiger partial charge on any atom is -0.496 e. The molecule has 0 aliphatic rings. The molecule has 4 heteroatoms. The van der Waals surface area contributed by atoms with Crippen molar-refractivity contribution >= 4 is 0 Å². The van der Waals surface area contributed by atoms with Crippen LogP contribution in [-0.4, -0.2) is 26.9 Å². The summed E-state index contributed by atoms with van der Waals surface area (Å²) < 4.78 is 24.6. The zero-order chi connectivity index (χ0) is 14.5. The maximum Gasteiger partial charge on any atom is 0.123 e. The third kappa shape index (κ3) is 3.07. The Morgan fingerprint density at radius 2 is 1.89 bits per heavy atom. The molecular formula is C15H24FNO2. The third-order valence-corrected chi connectivity index (χ3v) is 3.92. The lowest BCUT2D eigenvalue weighted by molar-refractivity contribution is -0.0473. The number of nitrogens with one attached hydrogen (secondary N) is 1. The van der Waals surface area contributed by atoms with Crippen LogP contribution >= 0.6 is 0 Å². The standard InChI is InChI=1S/C15H24FNO2/c1-6-15(7-2,19-5)14(17-3)12-10-11(16)8-9-13(12)18-4/h8-10,14,17H,6-7H2,1-5H3. The molecule has 3 nitrogen and oxygen atoms in total. The molecule has 0 spiro atoms. The van der Waals surface area contributed by atoms with Gasteiger partial charge < -0.3 is 14.8 Å². The predicted octanol–water partition coefficient (Wildman–Crippen LogP) is 3.30. The van der Waals surface area contributed by atoms with Crippen LogP contribution in [0.5, 0.6) is 5.75 Å². The topological polar surface area (TPSA) is 30.5 Å². The van der Waals surface area contributed by atoms with Crippen LogP contribution in [0, 0.1) is 5.82 Å². The first-order valence-electron chi connectivity index (χ1n) is 6.64. The van der Waals surface area contributed by atoms with Gasteiger partial charge in [-0.1, -0.05) is 13.8 Å². The van der Waals surface area contributed by atoms with E-state index >= 15 is 0 Å². The highest BCUT2D eigenvalue weighted by Gasteiger charge is 2.37. The lowest BCUT2D eigenvalue weighted by atomic mass is 9.83. The Kier molecular flexibility index (Phi) is 5.76. The minimum absolute atomic E-state index is 0.127. The van der Waals surface area contributed by atoms with Crippen LogP contribution in [0.1, 0.15) is 38.3 Å². The molecule has 0 aliphatic carbocycles. The molecule has 0 fully saturated rings. The zero-order valence-corrected chi connectivity index (χ0v) is 12.4. The number of methoxy groups -OCH3 is 2. The summed E-state index contributed by atoms with van der Waals surface area (Å²) in [5.74, 6) is 0.400. The Morgan fingerprint density at radius 1 is 1.26 bits per heavy atom. The summed E-state index contributed by atoms with van der Waals surface area (Å²) in [6.07, 6.45) is 1.65. The van der Waals surface area contributed by atoms with Crippen molar-refractivity contribution < 1.29 is 13.9 Å². The van der Waals surface area contributed by atoms with Crippen molar-refractivity contribution in [2.45, 2.75) is 38.3 Å². The van der Waals surface area contributed by atoms with Crippen molar-refractivity contribution in [3.8, 4) is 5.75 Å². The molecule has 1 unspecified atom stereocenters. The SMILES string of the molecule is CCC(CC)(OC)C(NC)c1cc(F)ccc1OC.